The Kier molecular flexibility index (Phi) is 11.3. The quantitative estimate of drug-likeness (QED) is 0.0928. The van der Waals surface area contributed by atoms with E-state index in [4.69, 9.17) is 35.3 Å². The predicted octanol–water partition coefficient (Wildman–Crippen LogP) is 7.12. The monoisotopic (exact) mass is 793 g/mol. The molecule has 53 heavy (non-hydrogen) atoms. The topological polar surface area (TPSA) is 139 Å². The first-order valence-electron chi connectivity index (χ1n) is 17.1. The van der Waals surface area contributed by atoms with Gasteiger partial charge < -0.3 is 23.5 Å². The average Bonchev–Trinajstić information content (AvgIpc) is 3.91. The van der Waals surface area contributed by atoms with Crippen molar-refractivity contribution in [1.29, 1.82) is 0 Å². The van der Waals surface area contributed by atoms with Crippen LogP contribution in [0, 0.1) is 5.92 Å². The van der Waals surface area contributed by atoms with Gasteiger partial charge in [0.25, 0.3) is 5.56 Å². The van der Waals surface area contributed by atoms with Gasteiger partial charge >= 0.3 is 0 Å². The highest BCUT2D eigenvalue weighted by Crippen LogP contribution is 2.75. The highest BCUT2D eigenvalue weighted by molar-refractivity contribution is 9.00. The normalized spacial score (nSPS) is 19.8. The molecular weight excluding hydrogens is 754 g/mol. The Labute approximate surface area is 320 Å². The van der Waals surface area contributed by atoms with E-state index in [1.54, 1.807) is 55.4 Å². The minimum Gasteiger partial charge on any atom is -0.497 e. The van der Waals surface area contributed by atoms with Gasteiger partial charge in [-0.2, -0.15) is 4.98 Å². The highest BCUT2D eigenvalue weighted by Gasteiger charge is 2.45. The van der Waals surface area contributed by atoms with E-state index >= 15 is 0 Å². The number of aromatic amines is 1. The van der Waals surface area contributed by atoms with E-state index in [1.807, 2.05) is 78.9 Å². The van der Waals surface area contributed by atoms with Crippen molar-refractivity contribution < 1.29 is 28.3 Å². The van der Waals surface area contributed by atoms with Gasteiger partial charge in [0.2, 0.25) is 11.9 Å². The Morgan fingerprint density at radius 1 is 1.00 bits per heavy atom. The smallest absolute Gasteiger partial charge is 0.280 e. The maximum absolute atomic E-state index is 13.0. The number of benzene rings is 3. The highest BCUT2D eigenvalue weighted by atomic mass is 33.2. The molecule has 16 heteroatoms. The second-order valence-electron chi connectivity index (χ2n) is 12.8. The zero-order valence-corrected chi connectivity index (χ0v) is 32.9. The Balaban J connectivity index is 1.28. The van der Waals surface area contributed by atoms with E-state index in [2.05, 4.69) is 20.3 Å². The average molecular weight is 794 g/mol. The molecule has 0 saturated carbocycles. The fourth-order valence-corrected chi connectivity index (χ4v) is 15.8. The number of anilines is 1. The van der Waals surface area contributed by atoms with Crippen LogP contribution in [0.2, 0.25) is 0 Å². The third kappa shape index (κ3) is 7.79. The number of rotatable bonds is 13. The van der Waals surface area contributed by atoms with E-state index in [9.17, 15) is 9.59 Å². The third-order valence-electron chi connectivity index (χ3n) is 9.17. The van der Waals surface area contributed by atoms with Crippen molar-refractivity contribution >= 4 is 62.3 Å². The van der Waals surface area contributed by atoms with Crippen LogP contribution < -0.4 is 20.3 Å². The predicted molar refractivity (Wildman–Crippen MR) is 212 cm³/mol. The summed E-state index contributed by atoms with van der Waals surface area (Å²) in [4.78, 5) is 37.1. The zero-order chi connectivity index (χ0) is 37.2. The molecule has 0 bridgehead atoms. The van der Waals surface area contributed by atoms with Crippen molar-refractivity contribution in [3.05, 3.63) is 112 Å². The number of amides is 1. The molecule has 0 unspecified atom stereocenters. The number of carbonyl (C=O) groups excluding carboxylic acids is 1. The van der Waals surface area contributed by atoms with Gasteiger partial charge in [0.05, 0.1) is 33.3 Å². The molecule has 12 nitrogen and oxygen atoms in total. The van der Waals surface area contributed by atoms with Gasteiger partial charge in [-0.3, -0.25) is 24.5 Å². The molecular formula is C37H40N5O7PS3. The molecule has 0 radical (unpaired) electrons. The molecule has 4 heterocycles. The molecule has 0 aliphatic carbocycles. The summed E-state index contributed by atoms with van der Waals surface area (Å²) in [5.41, 5.74) is 1.54. The van der Waals surface area contributed by atoms with Crippen LogP contribution in [0.4, 0.5) is 5.95 Å². The van der Waals surface area contributed by atoms with Crippen molar-refractivity contribution in [3.63, 3.8) is 0 Å². The minimum atomic E-state index is -2.25. The summed E-state index contributed by atoms with van der Waals surface area (Å²) in [7, 11) is 3.28. The largest absolute Gasteiger partial charge is 0.497 e. The lowest BCUT2D eigenvalue weighted by Gasteiger charge is -2.37. The number of hydrogen-bond acceptors (Lipinski definition) is 12. The fraction of sp³-hybridized carbons (Fsp3) is 0.351. The second-order valence-corrected chi connectivity index (χ2v) is 23.5. The molecule has 7 rings (SSSR count). The summed E-state index contributed by atoms with van der Waals surface area (Å²) in [5.74, 6) is 2.75. The zero-order valence-electron chi connectivity index (χ0n) is 29.6. The van der Waals surface area contributed by atoms with Crippen LogP contribution in [-0.2, 0) is 36.2 Å². The standard InChI is InChI=1S/C37H40N5O7PS3/c1-23(2)34(43)40-36-39-33-32(35(44)41-36)38-22-42(33)31-20-29(49-50(51)52-18-19-53-50)30(48-31)21-47-37(24-8-6-5-7-9-24,25-10-14-27(45-3)15-11-25)26-12-16-28(46-4)17-13-26/h5-17,22-23,29-31H,18-21H2,1-4H3,(H2,39,40,41,43,44)/t29-,30+,31+/m0/s1. The molecule has 2 aliphatic rings. The minimum absolute atomic E-state index is 0.0365. The number of imidazole rings is 1. The molecule has 2 aromatic heterocycles. The van der Waals surface area contributed by atoms with Gasteiger partial charge in [0, 0.05) is 23.8 Å². The van der Waals surface area contributed by atoms with Crippen LogP contribution in [-0.4, -0.2) is 70.0 Å². The molecule has 278 valence electrons. The third-order valence-corrected chi connectivity index (χ3v) is 18.9. The van der Waals surface area contributed by atoms with E-state index in [1.165, 1.54) is 6.33 Å². The molecule has 2 fully saturated rings. The Morgan fingerprint density at radius 3 is 2.19 bits per heavy atom. The lowest BCUT2D eigenvalue weighted by molar-refractivity contribution is -0.118. The Morgan fingerprint density at radius 2 is 1.60 bits per heavy atom. The maximum atomic E-state index is 13.0. The van der Waals surface area contributed by atoms with Gasteiger partial charge in [-0.25, -0.2) is 4.98 Å². The number of carbonyl (C=O) groups is 1. The summed E-state index contributed by atoms with van der Waals surface area (Å²) < 4.78 is 31.4. The van der Waals surface area contributed by atoms with Crippen LogP contribution >= 0.6 is 27.4 Å². The first-order valence-corrected chi connectivity index (χ1v) is 23.0. The summed E-state index contributed by atoms with van der Waals surface area (Å²) in [6, 6.07) is 25.8. The van der Waals surface area contributed by atoms with Gasteiger partial charge in [-0.15, -0.1) is 0 Å². The van der Waals surface area contributed by atoms with Gasteiger partial charge in [-0.05, 0) is 52.8 Å². The lowest BCUT2D eigenvalue weighted by atomic mass is 9.80. The van der Waals surface area contributed by atoms with Gasteiger partial charge in [0.1, 0.15) is 29.4 Å². The molecule has 2 aliphatic heterocycles. The van der Waals surface area contributed by atoms with Crippen molar-refractivity contribution in [3.8, 4) is 11.5 Å². The maximum Gasteiger partial charge on any atom is 0.280 e. The summed E-state index contributed by atoms with van der Waals surface area (Å²) >= 11 is 9.47. The van der Waals surface area contributed by atoms with Crippen molar-refractivity contribution in [2.45, 2.75) is 44.3 Å². The Hall–Kier alpha value is -3.69. The molecule has 5 aromatic rings. The second kappa shape index (κ2) is 16.0. The number of aromatic nitrogens is 4. The lowest BCUT2D eigenvalue weighted by Crippen LogP contribution is -2.38. The van der Waals surface area contributed by atoms with Crippen molar-refractivity contribution in [2.24, 2.45) is 5.92 Å². The summed E-state index contributed by atoms with van der Waals surface area (Å²) in [5, 5.41) is 2.69. The number of nitrogens with zero attached hydrogens (tertiary/aromatic N) is 3. The van der Waals surface area contributed by atoms with E-state index in [0.29, 0.717) is 6.42 Å². The van der Waals surface area contributed by atoms with E-state index < -0.39 is 34.3 Å². The van der Waals surface area contributed by atoms with Crippen LogP contribution in [0.3, 0.4) is 0 Å². The first kappa shape index (κ1) is 37.6. The molecule has 1 amide bonds. The molecule has 3 aromatic carbocycles. The summed E-state index contributed by atoms with van der Waals surface area (Å²) in [6.07, 6.45) is 0.315. The van der Waals surface area contributed by atoms with Crippen LogP contribution in [0.15, 0.2) is 90.0 Å². The number of H-pyrrole nitrogens is 1. The number of fused-ring (bicyclic) bond motifs is 1. The van der Waals surface area contributed by atoms with Crippen LogP contribution in [0.5, 0.6) is 11.5 Å². The SMILES string of the molecule is COc1ccc(C(OC[C@H]2O[C@@H](n3cnc4c(=O)[nH]c(NC(=O)C(C)C)nc43)C[C@@H]2OP2(=S)SCCS2)(c2ccccc2)c2ccc(OC)cc2)cc1. The summed E-state index contributed by atoms with van der Waals surface area (Å²) in [6.45, 7) is 3.64. The molecule has 2 N–H and O–H groups in total. The number of ether oxygens (including phenoxy) is 4. The molecule has 0 spiro atoms. The van der Waals surface area contributed by atoms with Crippen LogP contribution in [0.25, 0.3) is 11.2 Å². The number of nitrogens with one attached hydrogen (secondary N) is 2. The number of methoxy groups -OCH3 is 2. The molecule has 3 atom stereocenters. The Bertz CT molecular complexity index is 2110. The first-order chi connectivity index (χ1) is 25.6. The van der Waals surface area contributed by atoms with E-state index in [0.717, 1.165) is 39.7 Å². The van der Waals surface area contributed by atoms with E-state index in [-0.39, 0.29) is 35.5 Å². The van der Waals surface area contributed by atoms with Crippen molar-refractivity contribution in [2.75, 3.05) is 37.6 Å². The van der Waals surface area contributed by atoms with Gasteiger partial charge in [0.15, 0.2) is 15.8 Å². The fourth-order valence-electron chi connectivity index (χ4n) is 6.43. The van der Waals surface area contributed by atoms with Crippen LogP contribution in [0.1, 0.15) is 43.2 Å². The molecule has 2 saturated heterocycles. The van der Waals surface area contributed by atoms with Gasteiger partial charge in [-0.1, -0.05) is 91.2 Å². The van der Waals surface area contributed by atoms with Crippen molar-refractivity contribution in [1.82, 2.24) is 19.5 Å². The number of hydrogen-bond donors (Lipinski definition) is 2.